The summed E-state index contributed by atoms with van der Waals surface area (Å²) in [4.78, 5) is 25.0. The molecule has 0 aliphatic rings. The van der Waals surface area contributed by atoms with Crippen molar-refractivity contribution in [3.05, 3.63) is 12.2 Å². The van der Waals surface area contributed by atoms with Gasteiger partial charge in [0, 0.05) is 12.8 Å². The number of unbranched alkanes of at least 4 members (excludes halogenated alkanes) is 17. The summed E-state index contributed by atoms with van der Waals surface area (Å²) in [5.41, 5.74) is 0. The summed E-state index contributed by atoms with van der Waals surface area (Å²) in [5, 5.41) is 8.64. The molecule has 1 atom stereocenters. The fourth-order valence-electron chi connectivity index (χ4n) is 5.02. The molecule has 0 amide bonds. The zero-order valence-electron chi connectivity index (χ0n) is 26.2. The SMILES string of the molecule is CCCCCCCCCC(CCCCCCCCCC/C=C\CCCCCC(=O)O)OC(=O)CCCN(C)C. The van der Waals surface area contributed by atoms with Crippen LogP contribution in [0.25, 0.3) is 0 Å². The Morgan fingerprint density at radius 1 is 0.641 bits per heavy atom. The summed E-state index contributed by atoms with van der Waals surface area (Å²) >= 11 is 0. The molecule has 5 nitrogen and oxygen atoms in total. The molecule has 0 spiro atoms. The normalized spacial score (nSPS) is 12.4. The van der Waals surface area contributed by atoms with Crippen molar-refractivity contribution in [2.45, 2.75) is 174 Å². The number of nitrogens with zero attached hydrogens (tertiary/aromatic N) is 1. The minimum absolute atomic E-state index is 0.00428. The monoisotopic (exact) mass is 551 g/mol. The van der Waals surface area contributed by atoms with E-state index in [0.717, 1.165) is 51.5 Å². The molecule has 0 aromatic carbocycles. The molecule has 0 aromatic heterocycles. The molecular weight excluding hydrogens is 486 g/mol. The van der Waals surface area contributed by atoms with Crippen molar-refractivity contribution < 1.29 is 19.4 Å². The Hall–Kier alpha value is -1.36. The van der Waals surface area contributed by atoms with E-state index in [2.05, 4.69) is 24.0 Å². The van der Waals surface area contributed by atoms with E-state index in [1.54, 1.807) is 0 Å². The molecule has 0 saturated heterocycles. The molecule has 5 heteroatoms. The summed E-state index contributed by atoms with van der Waals surface area (Å²) in [6, 6.07) is 0. The number of hydrogen-bond acceptors (Lipinski definition) is 4. The lowest BCUT2D eigenvalue weighted by atomic mass is 10.0. The van der Waals surface area contributed by atoms with E-state index in [1.807, 2.05) is 14.1 Å². The Morgan fingerprint density at radius 2 is 1.10 bits per heavy atom. The van der Waals surface area contributed by atoms with E-state index in [1.165, 1.54) is 103 Å². The number of carbonyl (C=O) groups is 2. The molecule has 1 unspecified atom stereocenters. The predicted molar refractivity (Wildman–Crippen MR) is 166 cm³/mol. The summed E-state index contributed by atoms with van der Waals surface area (Å²) in [5.74, 6) is -0.687. The Bertz CT molecular complexity index is 576. The third-order valence-corrected chi connectivity index (χ3v) is 7.49. The molecule has 0 fully saturated rings. The van der Waals surface area contributed by atoms with Gasteiger partial charge in [-0.3, -0.25) is 9.59 Å². The summed E-state index contributed by atoms with van der Waals surface area (Å²) in [6.07, 6.45) is 33.0. The van der Waals surface area contributed by atoms with Gasteiger partial charge in [0.15, 0.2) is 0 Å². The van der Waals surface area contributed by atoms with E-state index in [4.69, 9.17) is 9.84 Å². The first-order chi connectivity index (χ1) is 19.0. The van der Waals surface area contributed by atoms with E-state index in [-0.39, 0.29) is 12.1 Å². The number of carboxylic acids is 1. The summed E-state index contributed by atoms with van der Waals surface area (Å²) < 4.78 is 5.93. The van der Waals surface area contributed by atoms with Gasteiger partial charge in [0.25, 0.3) is 0 Å². The lowest BCUT2D eigenvalue weighted by Crippen LogP contribution is -2.20. The molecule has 0 heterocycles. The van der Waals surface area contributed by atoms with Crippen LogP contribution in [-0.4, -0.2) is 48.7 Å². The van der Waals surface area contributed by atoms with Crippen LogP contribution in [0.4, 0.5) is 0 Å². The number of ether oxygens (including phenoxy) is 1. The highest BCUT2D eigenvalue weighted by Crippen LogP contribution is 2.18. The smallest absolute Gasteiger partial charge is 0.306 e. The largest absolute Gasteiger partial charge is 0.481 e. The fourth-order valence-corrected chi connectivity index (χ4v) is 5.02. The molecule has 0 aliphatic heterocycles. The molecule has 0 rings (SSSR count). The summed E-state index contributed by atoms with van der Waals surface area (Å²) in [7, 11) is 4.09. The zero-order chi connectivity index (χ0) is 28.8. The highest BCUT2D eigenvalue weighted by Gasteiger charge is 2.14. The maximum Gasteiger partial charge on any atom is 0.306 e. The molecule has 0 aliphatic carbocycles. The van der Waals surface area contributed by atoms with Gasteiger partial charge in [0.2, 0.25) is 0 Å². The Morgan fingerprint density at radius 3 is 1.59 bits per heavy atom. The Labute approximate surface area is 242 Å². The number of aliphatic carboxylic acids is 1. The van der Waals surface area contributed by atoms with Crippen LogP contribution in [0.1, 0.15) is 167 Å². The Kier molecular flexibility index (Phi) is 28.6. The second kappa shape index (κ2) is 29.6. The molecular formula is C34H65NO4. The van der Waals surface area contributed by atoms with Gasteiger partial charge in [-0.05, 0) is 84.8 Å². The third kappa shape index (κ3) is 31.0. The van der Waals surface area contributed by atoms with E-state index in [0.29, 0.717) is 12.8 Å². The number of carbonyl (C=O) groups excluding carboxylic acids is 1. The van der Waals surface area contributed by atoms with Crippen LogP contribution in [-0.2, 0) is 14.3 Å². The minimum Gasteiger partial charge on any atom is -0.481 e. The Balaban J connectivity index is 3.84. The first-order valence-electron chi connectivity index (χ1n) is 16.7. The van der Waals surface area contributed by atoms with Crippen LogP contribution in [0.5, 0.6) is 0 Å². The van der Waals surface area contributed by atoms with Crippen molar-refractivity contribution in [1.29, 1.82) is 0 Å². The van der Waals surface area contributed by atoms with Crippen LogP contribution >= 0.6 is 0 Å². The number of carboxylic acid groups (broad SMARTS) is 1. The van der Waals surface area contributed by atoms with Crippen molar-refractivity contribution in [1.82, 2.24) is 4.90 Å². The lowest BCUT2D eigenvalue weighted by molar-refractivity contribution is -0.150. The van der Waals surface area contributed by atoms with Crippen molar-refractivity contribution in [2.24, 2.45) is 0 Å². The standard InChI is InChI=1S/C34H65NO4/c1-4-5-6-7-17-20-23-27-32(39-34(38)30-26-31-35(2)3)28-24-21-18-15-13-11-9-8-10-12-14-16-19-22-25-29-33(36)37/h12,14,32H,4-11,13,15-31H2,1-3H3,(H,36,37)/b14-12-. The average Bonchev–Trinajstić information content (AvgIpc) is 2.89. The molecule has 39 heavy (non-hydrogen) atoms. The molecule has 0 aromatic rings. The van der Waals surface area contributed by atoms with Crippen LogP contribution < -0.4 is 0 Å². The van der Waals surface area contributed by atoms with Gasteiger partial charge in [-0.25, -0.2) is 0 Å². The highest BCUT2D eigenvalue weighted by molar-refractivity contribution is 5.69. The lowest BCUT2D eigenvalue weighted by Gasteiger charge is -2.18. The quantitative estimate of drug-likeness (QED) is 0.0546. The minimum atomic E-state index is -0.683. The second-order valence-electron chi connectivity index (χ2n) is 11.8. The van der Waals surface area contributed by atoms with Gasteiger partial charge in [-0.2, -0.15) is 0 Å². The third-order valence-electron chi connectivity index (χ3n) is 7.49. The molecule has 0 radical (unpaired) electrons. The van der Waals surface area contributed by atoms with Crippen LogP contribution in [0, 0.1) is 0 Å². The summed E-state index contributed by atoms with van der Waals surface area (Å²) in [6.45, 7) is 3.20. The van der Waals surface area contributed by atoms with Gasteiger partial charge >= 0.3 is 11.9 Å². The van der Waals surface area contributed by atoms with Crippen LogP contribution in [0.15, 0.2) is 12.2 Å². The first-order valence-corrected chi connectivity index (χ1v) is 16.7. The zero-order valence-corrected chi connectivity index (χ0v) is 26.2. The predicted octanol–water partition coefficient (Wildman–Crippen LogP) is 9.87. The molecule has 0 saturated carbocycles. The van der Waals surface area contributed by atoms with Gasteiger partial charge in [0.05, 0.1) is 0 Å². The van der Waals surface area contributed by atoms with Crippen molar-refractivity contribution >= 4 is 11.9 Å². The molecule has 0 bridgehead atoms. The molecule has 230 valence electrons. The van der Waals surface area contributed by atoms with Crippen molar-refractivity contribution in [2.75, 3.05) is 20.6 Å². The second-order valence-corrected chi connectivity index (χ2v) is 11.8. The van der Waals surface area contributed by atoms with Crippen LogP contribution in [0.3, 0.4) is 0 Å². The van der Waals surface area contributed by atoms with E-state index in [9.17, 15) is 9.59 Å². The van der Waals surface area contributed by atoms with Crippen LogP contribution in [0.2, 0.25) is 0 Å². The number of rotatable bonds is 30. The van der Waals surface area contributed by atoms with Gasteiger partial charge < -0.3 is 14.7 Å². The van der Waals surface area contributed by atoms with Gasteiger partial charge in [-0.15, -0.1) is 0 Å². The number of esters is 1. The highest BCUT2D eigenvalue weighted by atomic mass is 16.5. The van der Waals surface area contributed by atoms with Crippen molar-refractivity contribution in [3.8, 4) is 0 Å². The maximum absolute atomic E-state index is 12.4. The maximum atomic E-state index is 12.4. The average molecular weight is 552 g/mol. The van der Waals surface area contributed by atoms with Gasteiger partial charge in [-0.1, -0.05) is 103 Å². The molecule has 1 N–H and O–H groups in total. The number of allylic oxidation sites excluding steroid dienone is 2. The van der Waals surface area contributed by atoms with E-state index >= 15 is 0 Å². The van der Waals surface area contributed by atoms with Gasteiger partial charge in [0.1, 0.15) is 6.10 Å². The first kappa shape index (κ1) is 37.6. The van der Waals surface area contributed by atoms with Crippen molar-refractivity contribution in [3.63, 3.8) is 0 Å². The van der Waals surface area contributed by atoms with E-state index < -0.39 is 5.97 Å². The fraction of sp³-hybridized carbons (Fsp3) is 0.882. The topological polar surface area (TPSA) is 66.8 Å². The number of hydrogen-bond donors (Lipinski definition) is 1.